The van der Waals surface area contributed by atoms with Crippen molar-refractivity contribution in [2.75, 3.05) is 0 Å². The number of hydrogen-bond donors (Lipinski definition) is 1. The van der Waals surface area contributed by atoms with Crippen LogP contribution in [0.5, 0.6) is 5.75 Å². The summed E-state index contributed by atoms with van der Waals surface area (Å²) in [4.78, 5) is 12.1. The maximum absolute atomic E-state index is 12.3. The predicted molar refractivity (Wildman–Crippen MR) is 115 cm³/mol. The molecule has 0 saturated carbocycles. The molecule has 6 nitrogen and oxygen atoms in total. The van der Waals surface area contributed by atoms with E-state index >= 15 is 0 Å². The van der Waals surface area contributed by atoms with E-state index < -0.39 is 10.1 Å². The molecular formula is C20H15IN2O4S. The molecule has 1 N–H and O–H groups in total. The Bertz CT molecular complexity index is 1120. The van der Waals surface area contributed by atoms with Gasteiger partial charge in [0.2, 0.25) is 0 Å². The van der Waals surface area contributed by atoms with Gasteiger partial charge in [-0.25, -0.2) is 5.43 Å². The largest absolute Gasteiger partial charge is 0.379 e. The summed E-state index contributed by atoms with van der Waals surface area (Å²) in [6, 6.07) is 21.4. The normalized spacial score (nSPS) is 11.3. The highest BCUT2D eigenvalue weighted by atomic mass is 127. The molecule has 3 aromatic rings. The third-order valence-corrected chi connectivity index (χ3v) is 5.49. The summed E-state index contributed by atoms with van der Waals surface area (Å²) in [6.45, 7) is 0. The first-order valence-electron chi connectivity index (χ1n) is 8.13. The minimum absolute atomic E-state index is 0.0684. The Balaban J connectivity index is 1.68. The number of rotatable bonds is 6. The molecule has 3 rings (SSSR count). The molecule has 0 atom stereocenters. The Labute approximate surface area is 176 Å². The summed E-state index contributed by atoms with van der Waals surface area (Å²) < 4.78 is 30.7. The lowest BCUT2D eigenvalue weighted by molar-refractivity contribution is 0.0955. The topological polar surface area (TPSA) is 84.8 Å². The monoisotopic (exact) mass is 506 g/mol. The standard InChI is InChI=1S/C20H15IN2O4S/c21-17-8-5-7-16(13-17)20(24)23-22-14-15-6-4-9-18(12-15)27-28(25,26)19-10-2-1-3-11-19/h1-14H,(H,23,24)/b22-14-. The van der Waals surface area contributed by atoms with Crippen LogP contribution in [-0.2, 0) is 10.1 Å². The first-order valence-corrected chi connectivity index (χ1v) is 10.6. The number of nitrogens with one attached hydrogen (secondary N) is 1. The van der Waals surface area contributed by atoms with E-state index in [1.54, 1.807) is 48.5 Å². The van der Waals surface area contributed by atoms with Crippen LogP contribution < -0.4 is 9.61 Å². The number of benzene rings is 3. The number of carbonyl (C=O) groups excluding carboxylic acids is 1. The summed E-state index contributed by atoms with van der Waals surface area (Å²) in [5.41, 5.74) is 3.50. The number of amides is 1. The summed E-state index contributed by atoms with van der Waals surface area (Å²) in [7, 11) is -3.92. The number of nitrogens with zero attached hydrogens (tertiary/aromatic N) is 1. The third kappa shape index (κ3) is 5.40. The fourth-order valence-electron chi connectivity index (χ4n) is 2.27. The second-order valence-electron chi connectivity index (χ2n) is 5.63. The van der Waals surface area contributed by atoms with E-state index in [0.717, 1.165) is 3.57 Å². The van der Waals surface area contributed by atoms with Gasteiger partial charge in [-0.05, 0) is 70.6 Å². The van der Waals surface area contributed by atoms with Crippen LogP contribution in [0.4, 0.5) is 0 Å². The maximum atomic E-state index is 12.3. The van der Waals surface area contributed by atoms with Crippen molar-refractivity contribution in [3.63, 3.8) is 0 Å². The van der Waals surface area contributed by atoms with Gasteiger partial charge in [-0.2, -0.15) is 13.5 Å². The second-order valence-corrected chi connectivity index (χ2v) is 8.42. The van der Waals surface area contributed by atoms with E-state index in [4.69, 9.17) is 4.18 Å². The smallest absolute Gasteiger partial charge is 0.339 e. The molecule has 0 aliphatic heterocycles. The fourth-order valence-corrected chi connectivity index (χ4v) is 3.76. The van der Waals surface area contributed by atoms with Crippen molar-refractivity contribution in [2.24, 2.45) is 5.10 Å². The lowest BCUT2D eigenvalue weighted by Crippen LogP contribution is -2.17. The van der Waals surface area contributed by atoms with E-state index in [1.165, 1.54) is 30.5 Å². The van der Waals surface area contributed by atoms with Crippen LogP contribution in [-0.4, -0.2) is 20.5 Å². The Morgan fingerprint density at radius 1 is 0.964 bits per heavy atom. The van der Waals surface area contributed by atoms with Crippen molar-refractivity contribution in [1.29, 1.82) is 0 Å². The third-order valence-electron chi connectivity index (χ3n) is 3.56. The van der Waals surface area contributed by atoms with Gasteiger partial charge in [-0.15, -0.1) is 0 Å². The van der Waals surface area contributed by atoms with E-state index in [-0.39, 0.29) is 16.6 Å². The molecule has 0 radical (unpaired) electrons. The van der Waals surface area contributed by atoms with Gasteiger partial charge in [0.25, 0.3) is 5.91 Å². The minimum Gasteiger partial charge on any atom is -0.379 e. The van der Waals surface area contributed by atoms with Crippen molar-refractivity contribution in [3.8, 4) is 5.75 Å². The fraction of sp³-hybridized carbons (Fsp3) is 0. The van der Waals surface area contributed by atoms with Gasteiger partial charge >= 0.3 is 10.1 Å². The molecule has 0 aliphatic rings. The highest BCUT2D eigenvalue weighted by molar-refractivity contribution is 14.1. The zero-order valence-corrected chi connectivity index (χ0v) is 17.4. The lowest BCUT2D eigenvalue weighted by atomic mass is 10.2. The van der Waals surface area contributed by atoms with Gasteiger partial charge in [0.05, 0.1) is 6.21 Å². The summed E-state index contributed by atoms with van der Waals surface area (Å²) in [6.07, 6.45) is 1.41. The molecule has 0 unspecified atom stereocenters. The van der Waals surface area contributed by atoms with Gasteiger partial charge < -0.3 is 4.18 Å². The molecule has 3 aromatic carbocycles. The molecule has 0 heterocycles. The van der Waals surface area contributed by atoms with Gasteiger partial charge in [-0.1, -0.05) is 36.4 Å². The minimum atomic E-state index is -3.92. The van der Waals surface area contributed by atoms with Crippen molar-refractivity contribution in [1.82, 2.24) is 5.43 Å². The summed E-state index contributed by atoms with van der Waals surface area (Å²) >= 11 is 2.12. The van der Waals surface area contributed by atoms with Crippen LogP contribution in [0.3, 0.4) is 0 Å². The lowest BCUT2D eigenvalue weighted by Gasteiger charge is -2.07. The van der Waals surface area contributed by atoms with E-state index in [2.05, 4.69) is 33.1 Å². The quantitative estimate of drug-likeness (QED) is 0.239. The average molecular weight is 506 g/mol. The summed E-state index contributed by atoms with van der Waals surface area (Å²) in [5, 5.41) is 3.91. The highest BCUT2D eigenvalue weighted by Gasteiger charge is 2.15. The molecule has 28 heavy (non-hydrogen) atoms. The van der Waals surface area contributed by atoms with Crippen molar-refractivity contribution in [2.45, 2.75) is 4.90 Å². The Hall–Kier alpha value is -2.72. The number of hydrazone groups is 1. The Morgan fingerprint density at radius 3 is 2.46 bits per heavy atom. The van der Waals surface area contributed by atoms with Crippen LogP contribution in [0.2, 0.25) is 0 Å². The molecule has 0 fully saturated rings. The number of carbonyl (C=O) groups is 1. The SMILES string of the molecule is O=C(N/N=C\c1cccc(OS(=O)(=O)c2ccccc2)c1)c1cccc(I)c1. The Morgan fingerprint density at radius 2 is 1.71 bits per heavy atom. The molecule has 8 heteroatoms. The number of halogens is 1. The zero-order valence-electron chi connectivity index (χ0n) is 14.4. The van der Waals surface area contributed by atoms with Crippen molar-refractivity contribution >= 4 is 44.8 Å². The van der Waals surface area contributed by atoms with Gasteiger partial charge in [0.15, 0.2) is 0 Å². The zero-order chi connectivity index (χ0) is 20.0. The summed E-state index contributed by atoms with van der Waals surface area (Å²) in [5.74, 6) is -0.189. The molecule has 0 aliphatic carbocycles. The average Bonchev–Trinajstić information content (AvgIpc) is 2.68. The van der Waals surface area contributed by atoms with Crippen molar-refractivity contribution in [3.05, 3.63) is 93.6 Å². The predicted octanol–water partition coefficient (Wildman–Crippen LogP) is 3.82. The van der Waals surface area contributed by atoms with E-state index in [9.17, 15) is 13.2 Å². The maximum Gasteiger partial charge on any atom is 0.339 e. The van der Waals surface area contributed by atoms with E-state index in [0.29, 0.717) is 11.1 Å². The number of hydrogen-bond acceptors (Lipinski definition) is 5. The van der Waals surface area contributed by atoms with Gasteiger partial charge in [-0.3, -0.25) is 4.79 Å². The van der Waals surface area contributed by atoms with Crippen LogP contribution in [0.15, 0.2) is 88.9 Å². The van der Waals surface area contributed by atoms with Gasteiger partial charge in [0.1, 0.15) is 10.6 Å². The van der Waals surface area contributed by atoms with Crippen LogP contribution >= 0.6 is 22.6 Å². The second kappa shape index (κ2) is 8.98. The Kier molecular flexibility index (Phi) is 6.42. The van der Waals surface area contributed by atoms with E-state index in [1.807, 2.05) is 6.07 Å². The van der Waals surface area contributed by atoms with Gasteiger partial charge in [0, 0.05) is 9.13 Å². The molecule has 142 valence electrons. The molecule has 0 saturated heterocycles. The van der Waals surface area contributed by atoms with Crippen LogP contribution in [0.25, 0.3) is 0 Å². The first-order chi connectivity index (χ1) is 13.4. The molecule has 0 spiro atoms. The molecular weight excluding hydrogens is 491 g/mol. The van der Waals surface area contributed by atoms with Crippen LogP contribution in [0, 0.1) is 3.57 Å². The molecule has 0 aromatic heterocycles. The highest BCUT2D eigenvalue weighted by Crippen LogP contribution is 2.19. The van der Waals surface area contributed by atoms with Crippen LogP contribution in [0.1, 0.15) is 15.9 Å². The molecule has 0 bridgehead atoms. The van der Waals surface area contributed by atoms with Crippen molar-refractivity contribution < 1.29 is 17.4 Å². The first kappa shape index (κ1) is 20.0. The molecule has 1 amide bonds.